The van der Waals surface area contributed by atoms with E-state index in [9.17, 15) is 0 Å². The van der Waals surface area contributed by atoms with E-state index in [1.807, 2.05) is 30.3 Å². The lowest BCUT2D eigenvalue weighted by molar-refractivity contribution is 0.271. The van der Waals surface area contributed by atoms with Gasteiger partial charge in [0.1, 0.15) is 18.1 Å². The van der Waals surface area contributed by atoms with Gasteiger partial charge in [-0.15, -0.1) is 0 Å². The highest BCUT2D eigenvalue weighted by molar-refractivity contribution is 5.46. The van der Waals surface area contributed by atoms with Crippen molar-refractivity contribution in [3.63, 3.8) is 0 Å². The fourth-order valence-electron chi connectivity index (χ4n) is 2.53. The molecule has 2 aromatic carbocycles. The normalized spacial score (nSPS) is 12.0. The molecule has 1 N–H and O–H groups in total. The van der Waals surface area contributed by atoms with E-state index in [2.05, 4.69) is 51.2 Å². The molecule has 0 fully saturated rings. The molecule has 3 nitrogen and oxygen atoms in total. The van der Waals surface area contributed by atoms with Crippen LogP contribution in [0.1, 0.15) is 45.6 Å². The number of hydrogen-bond acceptors (Lipinski definition) is 3. The van der Waals surface area contributed by atoms with Gasteiger partial charge in [0.15, 0.2) is 0 Å². The molecular weight excluding hydrogens is 310 g/mol. The second-order valence-electron chi connectivity index (χ2n) is 6.85. The van der Waals surface area contributed by atoms with Crippen LogP contribution in [0.3, 0.4) is 0 Å². The van der Waals surface area contributed by atoms with Gasteiger partial charge in [0, 0.05) is 12.2 Å². The third-order valence-corrected chi connectivity index (χ3v) is 4.19. The fraction of sp³-hybridized carbons (Fsp3) is 0.455. The van der Waals surface area contributed by atoms with Crippen LogP contribution >= 0.6 is 0 Å². The van der Waals surface area contributed by atoms with Crippen LogP contribution in [0.15, 0.2) is 48.5 Å². The average Bonchev–Trinajstić information content (AvgIpc) is 2.64. The largest absolute Gasteiger partial charge is 0.493 e. The van der Waals surface area contributed by atoms with E-state index in [1.54, 1.807) is 0 Å². The molecule has 0 aliphatic carbocycles. The monoisotopic (exact) mass is 341 g/mol. The molecule has 0 heterocycles. The molecule has 0 aromatic heterocycles. The molecule has 0 spiro atoms. The summed E-state index contributed by atoms with van der Waals surface area (Å²) in [4.78, 5) is 0. The van der Waals surface area contributed by atoms with Gasteiger partial charge in [-0.2, -0.15) is 0 Å². The van der Waals surface area contributed by atoms with Crippen molar-refractivity contribution in [1.29, 1.82) is 0 Å². The Bertz CT molecular complexity index is 622. The van der Waals surface area contributed by atoms with Crippen LogP contribution in [-0.2, 0) is 0 Å². The van der Waals surface area contributed by atoms with Gasteiger partial charge in [-0.3, -0.25) is 0 Å². The molecular formula is C22H31NO2. The van der Waals surface area contributed by atoms with Gasteiger partial charge in [-0.1, -0.05) is 45.9 Å². The van der Waals surface area contributed by atoms with Crippen LogP contribution in [0.25, 0.3) is 0 Å². The highest BCUT2D eigenvalue weighted by Gasteiger charge is 2.09. The predicted molar refractivity (Wildman–Crippen MR) is 106 cm³/mol. The Morgan fingerprint density at radius 1 is 0.920 bits per heavy atom. The standard InChI is InChI=1S/C22H31NO2/c1-5-18(4)21-8-6-7-9-22(21)24-15-14-23-19-10-12-20(13-11-19)25-16-17(2)3/h6-13,17-18,23H,5,14-16H2,1-4H3. The molecule has 1 unspecified atom stereocenters. The third-order valence-electron chi connectivity index (χ3n) is 4.19. The number of benzene rings is 2. The van der Waals surface area contributed by atoms with E-state index < -0.39 is 0 Å². The molecule has 3 heteroatoms. The lowest BCUT2D eigenvalue weighted by Crippen LogP contribution is -2.12. The molecule has 1 atom stereocenters. The molecule has 0 aliphatic rings. The van der Waals surface area contributed by atoms with Gasteiger partial charge in [-0.25, -0.2) is 0 Å². The summed E-state index contributed by atoms with van der Waals surface area (Å²) >= 11 is 0. The zero-order valence-electron chi connectivity index (χ0n) is 15.9. The SMILES string of the molecule is CCC(C)c1ccccc1OCCNc1ccc(OCC(C)C)cc1. The van der Waals surface area contributed by atoms with E-state index in [4.69, 9.17) is 9.47 Å². The maximum atomic E-state index is 5.98. The van der Waals surface area contributed by atoms with Crippen molar-refractivity contribution < 1.29 is 9.47 Å². The Labute approximate surface area is 152 Å². The fourth-order valence-corrected chi connectivity index (χ4v) is 2.53. The molecule has 2 aromatic rings. The Morgan fingerprint density at radius 2 is 1.64 bits per heavy atom. The smallest absolute Gasteiger partial charge is 0.122 e. The molecule has 0 radical (unpaired) electrons. The summed E-state index contributed by atoms with van der Waals surface area (Å²) in [7, 11) is 0. The maximum Gasteiger partial charge on any atom is 0.122 e. The lowest BCUT2D eigenvalue weighted by atomic mass is 9.98. The van der Waals surface area contributed by atoms with E-state index in [0.717, 1.165) is 36.8 Å². The topological polar surface area (TPSA) is 30.5 Å². The van der Waals surface area contributed by atoms with Crippen LogP contribution in [0.2, 0.25) is 0 Å². The zero-order chi connectivity index (χ0) is 18.1. The highest BCUT2D eigenvalue weighted by Crippen LogP contribution is 2.28. The van der Waals surface area contributed by atoms with Crippen molar-refractivity contribution in [1.82, 2.24) is 0 Å². The first-order chi connectivity index (χ1) is 12.1. The van der Waals surface area contributed by atoms with Gasteiger partial charge in [0.25, 0.3) is 0 Å². The first-order valence-electron chi connectivity index (χ1n) is 9.28. The number of para-hydroxylation sites is 1. The number of ether oxygens (including phenoxy) is 2. The van der Waals surface area contributed by atoms with Crippen molar-refractivity contribution in [2.24, 2.45) is 5.92 Å². The van der Waals surface area contributed by atoms with Crippen molar-refractivity contribution in [2.75, 3.05) is 25.1 Å². The summed E-state index contributed by atoms with van der Waals surface area (Å²) in [5.74, 6) is 2.96. The summed E-state index contributed by atoms with van der Waals surface area (Å²) in [6.07, 6.45) is 1.11. The van der Waals surface area contributed by atoms with Crippen LogP contribution in [0, 0.1) is 5.92 Å². The van der Waals surface area contributed by atoms with E-state index in [-0.39, 0.29) is 0 Å². The van der Waals surface area contributed by atoms with Gasteiger partial charge in [0.05, 0.1) is 6.61 Å². The second kappa shape index (κ2) is 9.97. The Morgan fingerprint density at radius 3 is 2.32 bits per heavy atom. The van der Waals surface area contributed by atoms with Crippen molar-refractivity contribution in [3.8, 4) is 11.5 Å². The molecule has 0 saturated carbocycles. The number of anilines is 1. The quantitative estimate of drug-likeness (QED) is 0.560. The van der Waals surface area contributed by atoms with Gasteiger partial charge >= 0.3 is 0 Å². The molecule has 25 heavy (non-hydrogen) atoms. The number of hydrogen-bond donors (Lipinski definition) is 1. The zero-order valence-corrected chi connectivity index (χ0v) is 15.9. The minimum absolute atomic E-state index is 0.516. The summed E-state index contributed by atoms with van der Waals surface area (Å²) in [5.41, 5.74) is 2.37. The van der Waals surface area contributed by atoms with Crippen LogP contribution in [0.5, 0.6) is 11.5 Å². The van der Waals surface area contributed by atoms with E-state index in [0.29, 0.717) is 18.4 Å². The molecule has 0 amide bonds. The maximum absolute atomic E-state index is 5.98. The van der Waals surface area contributed by atoms with E-state index in [1.165, 1.54) is 5.56 Å². The number of rotatable bonds is 10. The van der Waals surface area contributed by atoms with Crippen LogP contribution in [0.4, 0.5) is 5.69 Å². The van der Waals surface area contributed by atoms with Crippen molar-refractivity contribution in [2.45, 2.75) is 40.0 Å². The molecule has 0 aliphatic heterocycles. The third kappa shape index (κ3) is 6.33. The Kier molecular flexibility index (Phi) is 7.65. The highest BCUT2D eigenvalue weighted by atomic mass is 16.5. The summed E-state index contributed by atoms with van der Waals surface area (Å²) in [6, 6.07) is 16.4. The summed E-state index contributed by atoms with van der Waals surface area (Å²) in [5, 5.41) is 3.39. The Hall–Kier alpha value is -2.16. The molecule has 2 rings (SSSR count). The first kappa shape index (κ1) is 19.2. The summed E-state index contributed by atoms with van der Waals surface area (Å²) < 4.78 is 11.7. The van der Waals surface area contributed by atoms with Crippen molar-refractivity contribution in [3.05, 3.63) is 54.1 Å². The van der Waals surface area contributed by atoms with Gasteiger partial charge < -0.3 is 14.8 Å². The van der Waals surface area contributed by atoms with E-state index >= 15 is 0 Å². The summed E-state index contributed by atoms with van der Waals surface area (Å²) in [6.45, 7) is 10.9. The minimum Gasteiger partial charge on any atom is -0.493 e. The minimum atomic E-state index is 0.516. The van der Waals surface area contributed by atoms with Gasteiger partial charge in [0.2, 0.25) is 0 Å². The van der Waals surface area contributed by atoms with Gasteiger partial charge in [-0.05, 0) is 54.2 Å². The molecule has 136 valence electrons. The number of nitrogens with one attached hydrogen (secondary N) is 1. The van der Waals surface area contributed by atoms with Crippen LogP contribution < -0.4 is 14.8 Å². The first-order valence-corrected chi connectivity index (χ1v) is 9.28. The average molecular weight is 341 g/mol. The second-order valence-corrected chi connectivity index (χ2v) is 6.85. The van der Waals surface area contributed by atoms with Crippen molar-refractivity contribution >= 4 is 5.69 Å². The molecule has 0 saturated heterocycles. The Balaban J connectivity index is 1.78. The predicted octanol–water partition coefficient (Wildman–Crippen LogP) is 5.73. The molecule has 0 bridgehead atoms. The lowest BCUT2D eigenvalue weighted by Gasteiger charge is -2.16. The van der Waals surface area contributed by atoms with Crippen LogP contribution in [-0.4, -0.2) is 19.8 Å².